The number of fused-ring (bicyclic) bond motifs is 5. The van der Waals surface area contributed by atoms with Gasteiger partial charge in [0.05, 0.1) is 0 Å². The zero-order chi connectivity index (χ0) is 24.5. The largest absolute Gasteiger partial charge is 0.399 e. The maximum atomic E-state index is 6.05. The van der Waals surface area contributed by atoms with Crippen LogP contribution in [-0.4, -0.2) is 0 Å². The monoisotopic (exact) mass is 470 g/mol. The third-order valence-corrected chi connectivity index (χ3v) is 9.56. The lowest BCUT2D eigenvalue weighted by atomic mass is 9.64. The number of anilines is 3. The van der Waals surface area contributed by atoms with E-state index < -0.39 is 0 Å². The van der Waals surface area contributed by atoms with Crippen LogP contribution in [0.5, 0.6) is 0 Å². The molecule has 2 bridgehead atoms. The highest BCUT2D eigenvalue weighted by Crippen LogP contribution is 2.60. The van der Waals surface area contributed by atoms with Crippen LogP contribution >= 0.6 is 0 Å². The smallest absolute Gasteiger partial charge is 0.0467 e. The van der Waals surface area contributed by atoms with Gasteiger partial charge in [0.2, 0.25) is 0 Å². The van der Waals surface area contributed by atoms with Gasteiger partial charge in [-0.15, -0.1) is 0 Å². The molecule has 0 aromatic heterocycles. The molecule has 3 aliphatic rings. The van der Waals surface area contributed by atoms with E-state index in [0.717, 1.165) is 23.2 Å². The summed E-state index contributed by atoms with van der Waals surface area (Å²) in [6.45, 7) is 4.67. The van der Waals surface area contributed by atoms with E-state index in [4.69, 9.17) is 5.73 Å². The minimum absolute atomic E-state index is 0.0146. The van der Waals surface area contributed by atoms with Gasteiger partial charge in [0, 0.05) is 33.5 Å². The van der Waals surface area contributed by atoms with Crippen LogP contribution in [-0.2, 0) is 10.8 Å². The van der Waals surface area contributed by atoms with Crippen molar-refractivity contribution in [3.05, 3.63) is 113 Å². The summed E-state index contributed by atoms with van der Waals surface area (Å²) < 4.78 is 0. The topological polar surface area (TPSA) is 38.0 Å². The molecule has 2 saturated carbocycles. The predicted octanol–water partition coefficient (Wildman–Crippen LogP) is 8.42. The van der Waals surface area contributed by atoms with E-state index in [-0.39, 0.29) is 10.8 Å². The molecule has 3 N–H and O–H groups in total. The summed E-state index contributed by atoms with van der Waals surface area (Å²) in [5.41, 5.74) is 17.7. The van der Waals surface area contributed by atoms with E-state index >= 15 is 0 Å². The molecule has 3 atom stereocenters. The van der Waals surface area contributed by atoms with Crippen LogP contribution in [0.4, 0.5) is 17.1 Å². The van der Waals surface area contributed by atoms with Gasteiger partial charge in [0.1, 0.15) is 0 Å². The van der Waals surface area contributed by atoms with Crippen molar-refractivity contribution in [2.45, 2.75) is 50.4 Å². The van der Waals surface area contributed by atoms with Gasteiger partial charge in [-0.2, -0.15) is 0 Å². The van der Waals surface area contributed by atoms with Gasteiger partial charge in [-0.1, -0.05) is 80.9 Å². The molecule has 2 fully saturated rings. The molecule has 0 spiro atoms. The fraction of sp³-hybridized carbons (Fsp3) is 0.294. The molecule has 7 rings (SSSR count). The summed E-state index contributed by atoms with van der Waals surface area (Å²) in [4.78, 5) is 0. The molecule has 2 nitrogen and oxygen atoms in total. The molecular weight excluding hydrogens is 436 g/mol. The van der Waals surface area contributed by atoms with Crippen molar-refractivity contribution in [1.82, 2.24) is 0 Å². The highest BCUT2D eigenvalue weighted by molar-refractivity contribution is 5.91. The summed E-state index contributed by atoms with van der Waals surface area (Å²) in [7, 11) is 0. The van der Waals surface area contributed by atoms with Crippen LogP contribution < -0.4 is 11.1 Å². The second kappa shape index (κ2) is 7.74. The average molecular weight is 471 g/mol. The molecule has 3 aliphatic carbocycles. The van der Waals surface area contributed by atoms with Crippen molar-refractivity contribution in [2.75, 3.05) is 11.1 Å². The lowest BCUT2D eigenvalue weighted by Crippen LogP contribution is -2.34. The van der Waals surface area contributed by atoms with Crippen LogP contribution in [0.3, 0.4) is 0 Å². The Labute approximate surface area is 214 Å². The van der Waals surface area contributed by atoms with Crippen LogP contribution in [0.25, 0.3) is 11.1 Å². The fourth-order valence-electron chi connectivity index (χ4n) is 7.85. The first kappa shape index (κ1) is 21.7. The Morgan fingerprint density at radius 3 is 2.14 bits per heavy atom. The van der Waals surface area contributed by atoms with Crippen molar-refractivity contribution >= 4 is 17.1 Å². The van der Waals surface area contributed by atoms with Gasteiger partial charge >= 0.3 is 0 Å². The molecule has 4 aromatic rings. The van der Waals surface area contributed by atoms with E-state index in [9.17, 15) is 0 Å². The van der Waals surface area contributed by atoms with E-state index in [1.54, 1.807) is 0 Å². The van der Waals surface area contributed by atoms with Gasteiger partial charge in [0.25, 0.3) is 0 Å². The van der Waals surface area contributed by atoms with Gasteiger partial charge in [-0.05, 0) is 89.2 Å². The van der Waals surface area contributed by atoms with Crippen LogP contribution in [0.15, 0.2) is 91.0 Å². The van der Waals surface area contributed by atoms with Crippen molar-refractivity contribution < 1.29 is 0 Å². The first-order valence-electron chi connectivity index (χ1n) is 13.4. The molecule has 4 aromatic carbocycles. The lowest BCUT2D eigenvalue weighted by Gasteiger charge is -2.39. The summed E-state index contributed by atoms with van der Waals surface area (Å²) >= 11 is 0. The van der Waals surface area contributed by atoms with Crippen LogP contribution in [0, 0.1) is 11.8 Å². The highest BCUT2D eigenvalue weighted by atomic mass is 14.9. The second-order valence-electron chi connectivity index (χ2n) is 11.8. The number of nitrogens with two attached hydrogens (primary N) is 1. The fourth-order valence-corrected chi connectivity index (χ4v) is 7.85. The van der Waals surface area contributed by atoms with E-state index in [1.165, 1.54) is 64.8 Å². The van der Waals surface area contributed by atoms with E-state index in [1.807, 2.05) is 0 Å². The van der Waals surface area contributed by atoms with E-state index in [2.05, 4.69) is 110 Å². The van der Waals surface area contributed by atoms with Crippen LogP contribution in [0.1, 0.15) is 61.8 Å². The molecule has 0 saturated heterocycles. The van der Waals surface area contributed by atoms with Crippen molar-refractivity contribution in [3.8, 4) is 11.1 Å². The van der Waals surface area contributed by atoms with E-state index in [0.29, 0.717) is 0 Å². The predicted molar refractivity (Wildman–Crippen MR) is 151 cm³/mol. The number of rotatable bonds is 4. The Morgan fingerprint density at radius 2 is 1.44 bits per heavy atom. The van der Waals surface area contributed by atoms with Gasteiger partial charge in [-0.25, -0.2) is 0 Å². The SMILES string of the molecule is CC1(C)c2ccccc2-c2c(Nc3ccc(C4(c5ccc(N)cc5)CC5CCC4C5)cc3)cccc21. The molecule has 2 heteroatoms. The van der Waals surface area contributed by atoms with Crippen molar-refractivity contribution in [1.29, 1.82) is 0 Å². The Balaban J connectivity index is 1.25. The molecule has 36 heavy (non-hydrogen) atoms. The minimum Gasteiger partial charge on any atom is -0.399 e. The molecule has 180 valence electrons. The number of benzene rings is 4. The zero-order valence-corrected chi connectivity index (χ0v) is 21.2. The Bertz CT molecular complexity index is 1450. The quantitative estimate of drug-likeness (QED) is 0.294. The molecule has 0 heterocycles. The summed E-state index contributed by atoms with van der Waals surface area (Å²) in [5.74, 6) is 1.57. The molecule has 0 amide bonds. The molecule has 3 unspecified atom stereocenters. The number of hydrogen-bond donors (Lipinski definition) is 2. The molecule has 0 aliphatic heterocycles. The summed E-state index contributed by atoms with van der Waals surface area (Å²) in [6.07, 6.45) is 5.33. The number of nitrogen functional groups attached to an aromatic ring is 1. The highest BCUT2D eigenvalue weighted by Gasteiger charge is 2.52. The summed E-state index contributed by atoms with van der Waals surface area (Å²) in [5, 5.41) is 3.78. The normalized spacial score (nSPS) is 24.9. The first-order valence-corrected chi connectivity index (χ1v) is 13.4. The zero-order valence-electron chi connectivity index (χ0n) is 21.2. The minimum atomic E-state index is 0.0146. The summed E-state index contributed by atoms with van der Waals surface area (Å²) in [6, 6.07) is 33.6. The Hall–Kier alpha value is -3.52. The number of nitrogens with one attached hydrogen (secondary N) is 1. The maximum absolute atomic E-state index is 6.05. The van der Waals surface area contributed by atoms with Crippen LogP contribution in [0.2, 0.25) is 0 Å². The van der Waals surface area contributed by atoms with Gasteiger partial charge in [-0.3, -0.25) is 0 Å². The van der Waals surface area contributed by atoms with Gasteiger partial charge in [0.15, 0.2) is 0 Å². The molecule has 0 radical (unpaired) electrons. The Kier molecular flexibility index (Phi) is 4.67. The standard InChI is InChI=1S/C34H34N2/c1-33(2)29-7-4-3-6-28(29)32-30(33)8-5-9-31(32)36-27-18-14-24(15-19-27)34(21-22-10-11-25(34)20-22)23-12-16-26(35)17-13-23/h3-9,12-19,22,25,36H,10-11,20-21,35H2,1-2H3. The molecular formula is C34H34N2. The number of hydrogen-bond acceptors (Lipinski definition) is 2. The second-order valence-corrected chi connectivity index (χ2v) is 11.8. The van der Waals surface area contributed by atoms with Gasteiger partial charge < -0.3 is 11.1 Å². The third kappa shape index (κ3) is 3.03. The third-order valence-electron chi connectivity index (χ3n) is 9.56. The van der Waals surface area contributed by atoms with Crippen molar-refractivity contribution in [3.63, 3.8) is 0 Å². The average Bonchev–Trinajstić information content (AvgIpc) is 3.57. The maximum Gasteiger partial charge on any atom is 0.0467 e. The Morgan fingerprint density at radius 1 is 0.750 bits per heavy atom. The lowest BCUT2D eigenvalue weighted by molar-refractivity contribution is 0.320. The van der Waals surface area contributed by atoms with Crippen molar-refractivity contribution in [2.24, 2.45) is 11.8 Å². The first-order chi connectivity index (χ1) is 17.5.